The molecule has 0 atom stereocenters. The summed E-state index contributed by atoms with van der Waals surface area (Å²) in [5, 5.41) is 2.99. The summed E-state index contributed by atoms with van der Waals surface area (Å²) in [5.74, 6) is 0.448. The third kappa shape index (κ3) is 2.33. The SMILES string of the molecule is CNCCOc1ccc(F)cc1C1(N)CC1. The summed E-state index contributed by atoms with van der Waals surface area (Å²) >= 11 is 0. The van der Waals surface area contributed by atoms with Gasteiger partial charge in [0.25, 0.3) is 0 Å². The number of hydrogen-bond acceptors (Lipinski definition) is 3. The standard InChI is InChI=1S/C12H17FN2O/c1-15-6-7-16-11-3-2-9(13)8-10(11)12(14)4-5-12/h2-3,8,15H,4-7,14H2,1H3. The van der Waals surface area contributed by atoms with Crippen molar-refractivity contribution in [3.63, 3.8) is 0 Å². The van der Waals surface area contributed by atoms with Gasteiger partial charge in [-0.2, -0.15) is 0 Å². The Bertz CT molecular complexity index is 377. The molecule has 0 radical (unpaired) electrons. The fraction of sp³-hybridized carbons (Fsp3) is 0.500. The molecule has 1 aliphatic rings. The van der Waals surface area contributed by atoms with Gasteiger partial charge in [-0.25, -0.2) is 4.39 Å². The number of halogens is 1. The second-order valence-corrected chi connectivity index (χ2v) is 4.25. The number of benzene rings is 1. The number of nitrogens with one attached hydrogen (secondary N) is 1. The molecule has 0 unspecified atom stereocenters. The second-order valence-electron chi connectivity index (χ2n) is 4.25. The summed E-state index contributed by atoms with van der Waals surface area (Å²) in [6, 6.07) is 4.55. The van der Waals surface area contributed by atoms with Crippen LogP contribution in [0.1, 0.15) is 18.4 Å². The molecule has 0 aromatic heterocycles. The van der Waals surface area contributed by atoms with E-state index >= 15 is 0 Å². The van der Waals surface area contributed by atoms with Gasteiger partial charge in [0, 0.05) is 17.6 Å². The largest absolute Gasteiger partial charge is 0.492 e. The van der Waals surface area contributed by atoms with Gasteiger partial charge in [-0.05, 0) is 38.1 Å². The molecule has 1 fully saturated rings. The summed E-state index contributed by atoms with van der Waals surface area (Å²) in [6.45, 7) is 1.32. The van der Waals surface area contributed by atoms with Gasteiger partial charge in [0.05, 0.1) is 0 Å². The van der Waals surface area contributed by atoms with Gasteiger partial charge >= 0.3 is 0 Å². The Morgan fingerprint density at radius 2 is 2.25 bits per heavy atom. The molecular formula is C12H17FN2O. The van der Waals surface area contributed by atoms with Crippen molar-refractivity contribution < 1.29 is 9.13 Å². The van der Waals surface area contributed by atoms with Gasteiger partial charge < -0.3 is 15.8 Å². The maximum Gasteiger partial charge on any atom is 0.124 e. The summed E-state index contributed by atoms with van der Waals surface area (Å²) in [5.41, 5.74) is 6.51. The molecule has 16 heavy (non-hydrogen) atoms. The molecule has 1 aromatic rings. The van der Waals surface area contributed by atoms with Crippen LogP contribution in [-0.4, -0.2) is 20.2 Å². The summed E-state index contributed by atoms with van der Waals surface area (Å²) < 4.78 is 18.8. The van der Waals surface area contributed by atoms with E-state index in [0.717, 1.165) is 24.9 Å². The zero-order valence-electron chi connectivity index (χ0n) is 9.42. The summed E-state index contributed by atoms with van der Waals surface area (Å²) in [7, 11) is 1.86. The first-order valence-electron chi connectivity index (χ1n) is 5.52. The van der Waals surface area contributed by atoms with Crippen molar-refractivity contribution in [1.29, 1.82) is 0 Å². The molecule has 0 saturated heterocycles. The second kappa shape index (κ2) is 4.39. The quantitative estimate of drug-likeness (QED) is 0.743. The highest BCUT2D eigenvalue weighted by molar-refractivity contribution is 5.42. The van der Waals surface area contributed by atoms with Crippen LogP contribution in [0.25, 0.3) is 0 Å². The first-order chi connectivity index (χ1) is 7.65. The van der Waals surface area contributed by atoms with Gasteiger partial charge in [-0.3, -0.25) is 0 Å². The highest BCUT2D eigenvalue weighted by atomic mass is 19.1. The lowest BCUT2D eigenvalue weighted by molar-refractivity contribution is 0.312. The molecule has 0 heterocycles. The van der Waals surface area contributed by atoms with E-state index in [-0.39, 0.29) is 11.4 Å². The number of ether oxygens (including phenoxy) is 1. The molecule has 1 saturated carbocycles. The van der Waals surface area contributed by atoms with Crippen LogP contribution in [0.2, 0.25) is 0 Å². The minimum absolute atomic E-state index is 0.257. The number of rotatable bonds is 5. The Kier molecular flexibility index (Phi) is 3.12. The third-order valence-corrected chi connectivity index (χ3v) is 2.88. The van der Waals surface area contributed by atoms with Gasteiger partial charge in [0.1, 0.15) is 18.2 Å². The van der Waals surface area contributed by atoms with Crippen molar-refractivity contribution >= 4 is 0 Å². The number of likely N-dealkylation sites (N-methyl/N-ethyl adjacent to an activating group) is 1. The van der Waals surface area contributed by atoms with E-state index in [2.05, 4.69) is 5.32 Å². The molecular weight excluding hydrogens is 207 g/mol. The van der Waals surface area contributed by atoms with Crippen LogP contribution in [0.3, 0.4) is 0 Å². The zero-order valence-corrected chi connectivity index (χ0v) is 9.42. The highest BCUT2D eigenvalue weighted by Gasteiger charge is 2.42. The molecule has 0 bridgehead atoms. The fourth-order valence-electron chi connectivity index (χ4n) is 1.68. The summed E-state index contributed by atoms with van der Waals surface area (Å²) in [4.78, 5) is 0. The Labute approximate surface area is 94.8 Å². The van der Waals surface area contributed by atoms with Crippen LogP contribution in [0.4, 0.5) is 4.39 Å². The van der Waals surface area contributed by atoms with E-state index in [0.29, 0.717) is 12.4 Å². The van der Waals surface area contributed by atoms with Gasteiger partial charge in [-0.1, -0.05) is 0 Å². The molecule has 2 rings (SSSR count). The van der Waals surface area contributed by atoms with Crippen LogP contribution in [0.5, 0.6) is 5.75 Å². The zero-order chi connectivity index (χ0) is 11.6. The molecule has 88 valence electrons. The van der Waals surface area contributed by atoms with Crippen molar-refractivity contribution in [1.82, 2.24) is 5.32 Å². The molecule has 4 heteroatoms. The minimum atomic E-state index is -0.364. The predicted molar refractivity (Wildman–Crippen MR) is 60.9 cm³/mol. The molecule has 3 N–H and O–H groups in total. The van der Waals surface area contributed by atoms with Crippen LogP contribution in [-0.2, 0) is 5.54 Å². The van der Waals surface area contributed by atoms with E-state index in [4.69, 9.17) is 10.5 Å². The average Bonchev–Trinajstić information content (AvgIpc) is 3.00. The normalized spacial score (nSPS) is 17.2. The lowest BCUT2D eigenvalue weighted by Gasteiger charge is -2.16. The topological polar surface area (TPSA) is 47.3 Å². The van der Waals surface area contributed by atoms with Crippen LogP contribution < -0.4 is 15.8 Å². The maximum atomic E-state index is 13.2. The first kappa shape index (κ1) is 11.4. The average molecular weight is 224 g/mol. The number of nitrogens with two attached hydrogens (primary N) is 1. The minimum Gasteiger partial charge on any atom is -0.492 e. The fourth-order valence-corrected chi connectivity index (χ4v) is 1.68. The van der Waals surface area contributed by atoms with E-state index in [1.54, 1.807) is 6.07 Å². The smallest absolute Gasteiger partial charge is 0.124 e. The van der Waals surface area contributed by atoms with Crippen LogP contribution >= 0.6 is 0 Å². The van der Waals surface area contributed by atoms with E-state index in [1.165, 1.54) is 12.1 Å². The van der Waals surface area contributed by atoms with E-state index < -0.39 is 0 Å². The monoisotopic (exact) mass is 224 g/mol. The van der Waals surface area contributed by atoms with Crippen molar-refractivity contribution in [2.24, 2.45) is 5.73 Å². The Morgan fingerprint density at radius 1 is 1.50 bits per heavy atom. The van der Waals surface area contributed by atoms with Crippen molar-refractivity contribution in [2.45, 2.75) is 18.4 Å². The number of hydrogen-bond donors (Lipinski definition) is 2. The van der Waals surface area contributed by atoms with E-state index in [9.17, 15) is 4.39 Å². The molecule has 3 nitrogen and oxygen atoms in total. The van der Waals surface area contributed by atoms with Gasteiger partial charge in [0.15, 0.2) is 0 Å². The predicted octanol–water partition coefficient (Wildman–Crippen LogP) is 1.37. The van der Waals surface area contributed by atoms with Crippen molar-refractivity contribution in [2.75, 3.05) is 20.2 Å². The molecule has 0 aliphatic heterocycles. The van der Waals surface area contributed by atoms with Crippen LogP contribution in [0.15, 0.2) is 18.2 Å². The Morgan fingerprint density at radius 3 is 2.88 bits per heavy atom. The maximum absolute atomic E-state index is 13.2. The third-order valence-electron chi connectivity index (χ3n) is 2.88. The Balaban J connectivity index is 2.16. The van der Waals surface area contributed by atoms with Crippen molar-refractivity contribution in [3.8, 4) is 5.75 Å². The highest BCUT2D eigenvalue weighted by Crippen LogP contribution is 2.46. The first-order valence-corrected chi connectivity index (χ1v) is 5.52. The lowest BCUT2D eigenvalue weighted by atomic mass is 10.0. The molecule has 0 amide bonds. The van der Waals surface area contributed by atoms with Crippen LogP contribution in [0, 0.1) is 5.82 Å². The lowest BCUT2D eigenvalue weighted by Crippen LogP contribution is -2.22. The molecule has 1 aliphatic carbocycles. The molecule has 1 aromatic carbocycles. The Hall–Kier alpha value is -1.13. The molecule has 0 spiro atoms. The summed E-state index contributed by atoms with van der Waals surface area (Å²) in [6.07, 6.45) is 1.80. The van der Waals surface area contributed by atoms with E-state index in [1.807, 2.05) is 7.05 Å². The van der Waals surface area contributed by atoms with Gasteiger partial charge in [0.2, 0.25) is 0 Å². The van der Waals surface area contributed by atoms with Crippen molar-refractivity contribution in [3.05, 3.63) is 29.6 Å². The van der Waals surface area contributed by atoms with Gasteiger partial charge in [-0.15, -0.1) is 0 Å².